The van der Waals surface area contributed by atoms with Crippen LogP contribution in [0, 0.1) is 5.82 Å². The fourth-order valence-corrected chi connectivity index (χ4v) is 1.74. The molecule has 0 aliphatic rings. The number of rotatable bonds is 4. The molecule has 2 aromatic carbocycles. The molecule has 2 nitrogen and oxygen atoms in total. The zero-order valence-corrected chi connectivity index (χ0v) is 10.2. The van der Waals surface area contributed by atoms with E-state index in [9.17, 15) is 9.50 Å². The van der Waals surface area contributed by atoms with Crippen molar-refractivity contribution in [3.05, 3.63) is 59.4 Å². The van der Waals surface area contributed by atoms with E-state index in [4.69, 9.17) is 4.74 Å². The molecule has 3 heteroatoms. The van der Waals surface area contributed by atoms with E-state index in [1.54, 1.807) is 18.2 Å². The zero-order valence-electron chi connectivity index (χ0n) is 10.2. The molecule has 0 atom stereocenters. The van der Waals surface area contributed by atoms with E-state index < -0.39 is 5.82 Å². The van der Waals surface area contributed by atoms with Crippen molar-refractivity contribution in [1.29, 1.82) is 0 Å². The van der Waals surface area contributed by atoms with Crippen molar-refractivity contribution < 1.29 is 14.2 Å². The van der Waals surface area contributed by atoms with Crippen LogP contribution in [0.5, 0.6) is 11.5 Å². The van der Waals surface area contributed by atoms with E-state index in [0.29, 0.717) is 11.3 Å². The second kappa shape index (κ2) is 5.65. The van der Waals surface area contributed by atoms with Gasteiger partial charge in [-0.25, -0.2) is 4.39 Å². The van der Waals surface area contributed by atoms with Gasteiger partial charge in [-0.1, -0.05) is 31.2 Å². The summed E-state index contributed by atoms with van der Waals surface area (Å²) in [4.78, 5) is 0. The average Bonchev–Trinajstić information content (AvgIpc) is 2.41. The number of halogens is 1. The van der Waals surface area contributed by atoms with Crippen LogP contribution in [0.2, 0.25) is 0 Å². The van der Waals surface area contributed by atoms with E-state index in [-0.39, 0.29) is 12.4 Å². The molecular weight excluding hydrogens is 231 g/mol. The maximum atomic E-state index is 13.7. The van der Waals surface area contributed by atoms with Gasteiger partial charge in [0.15, 0.2) is 11.6 Å². The maximum absolute atomic E-state index is 13.7. The quantitative estimate of drug-likeness (QED) is 0.891. The normalized spacial score (nSPS) is 10.4. The van der Waals surface area contributed by atoms with Crippen molar-refractivity contribution in [2.75, 3.05) is 0 Å². The number of aryl methyl sites for hydroxylation is 1. The summed E-state index contributed by atoms with van der Waals surface area (Å²) in [6.45, 7) is 1.79. The molecule has 94 valence electrons. The Labute approximate surface area is 106 Å². The van der Waals surface area contributed by atoms with E-state index in [1.807, 2.05) is 25.1 Å². The van der Waals surface area contributed by atoms with Crippen molar-refractivity contribution in [3.63, 3.8) is 0 Å². The molecule has 0 heterocycles. The smallest absolute Gasteiger partial charge is 0.168 e. The van der Waals surface area contributed by atoms with Crippen LogP contribution >= 0.6 is 0 Å². The van der Waals surface area contributed by atoms with Crippen molar-refractivity contribution >= 4 is 0 Å². The van der Waals surface area contributed by atoms with Crippen LogP contribution in [0.4, 0.5) is 4.39 Å². The zero-order chi connectivity index (χ0) is 13.0. The van der Waals surface area contributed by atoms with E-state index in [2.05, 4.69) is 0 Å². The molecule has 0 saturated heterocycles. The summed E-state index contributed by atoms with van der Waals surface area (Å²) in [6.07, 6.45) is 0.890. The molecular formula is C15H15FO2. The first kappa shape index (κ1) is 12.6. The third kappa shape index (κ3) is 2.68. The molecule has 0 aliphatic carbocycles. The van der Waals surface area contributed by atoms with Gasteiger partial charge >= 0.3 is 0 Å². The van der Waals surface area contributed by atoms with Gasteiger partial charge in [-0.15, -0.1) is 0 Å². The van der Waals surface area contributed by atoms with E-state index in [1.165, 1.54) is 6.07 Å². The molecule has 1 N–H and O–H groups in total. The topological polar surface area (TPSA) is 29.5 Å². The molecule has 0 unspecified atom stereocenters. The van der Waals surface area contributed by atoms with Crippen molar-refractivity contribution in [3.8, 4) is 11.5 Å². The van der Waals surface area contributed by atoms with Crippen LogP contribution in [0.1, 0.15) is 18.1 Å². The number of aliphatic hydroxyl groups excluding tert-OH is 1. The second-order valence-electron chi connectivity index (χ2n) is 3.99. The third-order valence-corrected chi connectivity index (χ3v) is 2.75. The van der Waals surface area contributed by atoms with Crippen molar-refractivity contribution in [1.82, 2.24) is 0 Å². The van der Waals surface area contributed by atoms with Crippen LogP contribution in [0.3, 0.4) is 0 Å². The maximum Gasteiger partial charge on any atom is 0.168 e. The number of benzene rings is 2. The SMILES string of the molecule is CCc1cccc(Oc2c(F)cccc2CO)c1. The highest BCUT2D eigenvalue weighted by Crippen LogP contribution is 2.29. The van der Waals surface area contributed by atoms with Gasteiger partial charge in [0.1, 0.15) is 5.75 Å². The summed E-state index contributed by atoms with van der Waals surface area (Å²) in [5, 5.41) is 9.17. The largest absolute Gasteiger partial charge is 0.454 e. The third-order valence-electron chi connectivity index (χ3n) is 2.75. The number of hydrogen-bond acceptors (Lipinski definition) is 2. The van der Waals surface area contributed by atoms with E-state index >= 15 is 0 Å². The van der Waals surface area contributed by atoms with Gasteiger partial charge < -0.3 is 9.84 Å². The van der Waals surface area contributed by atoms with Gasteiger partial charge in [0, 0.05) is 5.56 Å². The number of hydrogen-bond donors (Lipinski definition) is 1. The van der Waals surface area contributed by atoms with Gasteiger partial charge in [-0.2, -0.15) is 0 Å². The monoisotopic (exact) mass is 246 g/mol. The van der Waals surface area contributed by atoms with Crippen LogP contribution in [-0.2, 0) is 13.0 Å². The van der Waals surface area contributed by atoms with Gasteiger partial charge in [0.05, 0.1) is 6.61 Å². The van der Waals surface area contributed by atoms with Crippen LogP contribution in [-0.4, -0.2) is 5.11 Å². The molecule has 0 aliphatic heterocycles. The molecule has 0 radical (unpaired) electrons. The van der Waals surface area contributed by atoms with E-state index in [0.717, 1.165) is 12.0 Å². The lowest BCUT2D eigenvalue weighted by molar-refractivity contribution is 0.274. The highest BCUT2D eigenvalue weighted by atomic mass is 19.1. The fraction of sp³-hybridized carbons (Fsp3) is 0.200. The highest BCUT2D eigenvalue weighted by molar-refractivity contribution is 5.39. The lowest BCUT2D eigenvalue weighted by atomic mass is 10.1. The molecule has 0 saturated carbocycles. The minimum Gasteiger partial charge on any atom is -0.454 e. The Hall–Kier alpha value is -1.87. The number of ether oxygens (including phenoxy) is 1. The highest BCUT2D eigenvalue weighted by Gasteiger charge is 2.10. The summed E-state index contributed by atoms with van der Waals surface area (Å²) < 4.78 is 19.2. The molecule has 2 rings (SSSR count). The predicted molar refractivity (Wildman–Crippen MR) is 68.2 cm³/mol. The summed E-state index contributed by atoms with van der Waals surface area (Å²) in [5.41, 5.74) is 1.56. The molecule has 0 fully saturated rings. The minimum atomic E-state index is -0.469. The van der Waals surface area contributed by atoms with Crippen LogP contribution in [0.25, 0.3) is 0 Å². The Balaban J connectivity index is 2.33. The first-order valence-electron chi connectivity index (χ1n) is 5.89. The minimum absolute atomic E-state index is 0.0910. The molecule has 0 bridgehead atoms. The Morgan fingerprint density at radius 2 is 1.94 bits per heavy atom. The van der Waals surface area contributed by atoms with Gasteiger partial charge in [-0.3, -0.25) is 0 Å². The molecule has 0 aromatic heterocycles. The summed E-state index contributed by atoms with van der Waals surface area (Å²) in [5.74, 6) is 0.200. The number of aliphatic hydroxyl groups is 1. The molecule has 0 amide bonds. The average molecular weight is 246 g/mol. The Kier molecular flexibility index (Phi) is 3.95. The fourth-order valence-electron chi connectivity index (χ4n) is 1.74. The first-order valence-corrected chi connectivity index (χ1v) is 5.89. The van der Waals surface area contributed by atoms with Crippen LogP contribution in [0.15, 0.2) is 42.5 Å². The summed E-state index contributed by atoms with van der Waals surface area (Å²) in [6, 6.07) is 12.0. The van der Waals surface area contributed by atoms with Crippen LogP contribution < -0.4 is 4.74 Å². The molecule has 2 aromatic rings. The lowest BCUT2D eigenvalue weighted by Gasteiger charge is -2.11. The predicted octanol–water partition coefficient (Wildman–Crippen LogP) is 3.67. The molecule has 0 spiro atoms. The van der Waals surface area contributed by atoms with Gasteiger partial charge in [0.25, 0.3) is 0 Å². The first-order chi connectivity index (χ1) is 8.74. The second-order valence-corrected chi connectivity index (χ2v) is 3.99. The molecule has 18 heavy (non-hydrogen) atoms. The Bertz CT molecular complexity index is 538. The lowest BCUT2D eigenvalue weighted by Crippen LogP contribution is -1.95. The Morgan fingerprint density at radius 3 is 2.67 bits per heavy atom. The van der Waals surface area contributed by atoms with Gasteiger partial charge in [-0.05, 0) is 30.2 Å². The summed E-state index contributed by atoms with van der Waals surface area (Å²) in [7, 11) is 0. The Morgan fingerprint density at radius 1 is 1.17 bits per heavy atom. The number of para-hydroxylation sites is 1. The van der Waals surface area contributed by atoms with Crippen molar-refractivity contribution in [2.45, 2.75) is 20.0 Å². The van der Waals surface area contributed by atoms with Crippen molar-refractivity contribution in [2.24, 2.45) is 0 Å². The summed E-state index contributed by atoms with van der Waals surface area (Å²) >= 11 is 0. The standard InChI is InChI=1S/C15H15FO2/c1-2-11-5-3-7-13(9-11)18-15-12(10-17)6-4-8-14(15)16/h3-9,17H,2,10H2,1H3. The van der Waals surface area contributed by atoms with Gasteiger partial charge in [0.2, 0.25) is 0 Å².